The van der Waals surface area contributed by atoms with Gasteiger partial charge >= 0.3 is 0 Å². The van der Waals surface area contributed by atoms with Gasteiger partial charge in [0, 0.05) is 0 Å². The van der Waals surface area contributed by atoms with Gasteiger partial charge in [-0.3, -0.25) is 4.79 Å². The van der Waals surface area contributed by atoms with Gasteiger partial charge in [-0.1, -0.05) is 43.0 Å². The lowest BCUT2D eigenvalue weighted by Gasteiger charge is -2.16. The van der Waals surface area contributed by atoms with Crippen molar-refractivity contribution >= 4 is 11.6 Å². The molecule has 0 aromatic heterocycles. The van der Waals surface area contributed by atoms with E-state index in [2.05, 4.69) is 11.9 Å². The molecule has 1 atom stereocenters. The van der Waals surface area contributed by atoms with Gasteiger partial charge in [0.15, 0.2) is 6.10 Å². The normalized spacial score (nSPS) is 11.3. The second kappa shape index (κ2) is 7.88. The molecule has 2 aromatic carbocycles. The molecular weight excluding hydrogens is 278 g/mol. The molecule has 0 aliphatic rings. The molecular formula is C18H19NO3. The molecule has 0 saturated carbocycles. The Bertz CT molecular complexity index is 625. The van der Waals surface area contributed by atoms with Crippen LogP contribution in [0.2, 0.25) is 0 Å². The summed E-state index contributed by atoms with van der Waals surface area (Å²) in [6.07, 6.45) is 1.04. The summed E-state index contributed by atoms with van der Waals surface area (Å²) in [6, 6.07) is 16.5. The zero-order valence-electron chi connectivity index (χ0n) is 12.5. The maximum Gasteiger partial charge on any atom is 0.265 e. The van der Waals surface area contributed by atoms with Crippen molar-refractivity contribution < 1.29 is 14.3 Å². The van der Waals surface area contributed by atoms with E-state index in [4.69, 9.17) is 9.47 Å². The molecule has 114 valence electrons. The molecule has 4 heteroatoms. The lowest BCUT2D eigenvalue weighted by molar-refractivity contribution is -0.122. The van der Waals surface area contributed by atoms with Crippen molar-refractivity contribution in [1.29, 1.82) is 0 Å². The van der Waals surface area contributed by atoms with Crippen LogP contribution in [0.25, 0.3) is 0 Å². The molecule has 0 saturated heterocycles. The minimum Gasteiger partial charge on any atom is -0.487 e. The van der Waals surface area contributed by atoms with E-state index in [0.29, 0.717) is 23.8 Å². The largest absolute Gasteiger partial charge is 0.487 e. The van der Waals surface area contributed by atoms with E-state index >= 15 is 0 Å². The Hall–Kier alpha value is -2.75. The molecule has 0 unspecified atom stereocenters. The van der Waals surface area contributed by atoms with Crippen LogP contribution < -0.4 is 14.8 Å². The Morgan fingerprint density at radius 2 is 1.86 bits per heavy atom. The van der Waals surface area contributed by atoms with Gasteiger partial charge in [-0.25, -0.2) is 0 Å². The van der Waals surface area contributed by atoms with Gasteiger partial charge in [-0.2, -0.15) is 0 Å². The van der Waals surface area contributed by atoms with E-state index in [1.807, 2.05) is 42.5 Å². The Morgan fingerprint density at radius 3 is 2.59 bits per heavy atom. The SMILES string of the molecule is C=CCOc1ccccc1NC(=O)[C@H](C)Oc1ccccc1. The zero-order chi connectivity index (χ0) is 15.8. The van der Waals surface area contributed by atoms with Crippen LogP contribution in [0.15, 0.2) is 67.3 Å². The second-order valence-electron chi connectivity index (χ2n) is 4.66. The van der Waals surface area contributed by atoms with E-state index in [-0.39, 0.29) is 5.91 Å². The minimum absolute atomic E-state index is 0.237. The van der Waals surface area contributed by atoms with Crippen molar-refractivity contribution in [2.45, 2.75) is 13.0 Å². The molecule has 0 heterocycles. The van der Waals surface area contributed by atoms with Crippen molar-refractivity contribution in [3.05, 3.63) is 67.3 Å². The summed E-state index contributed by atoms with van der Waals surface area (Å²) in [6.45, 7) is 5.69. The Morgan fingerprint density at radius 1 is 1.18 bits per heavy atom. The lowest BCUT2D eigenvalue weighted by atomic mass is 10.2. The van der Waals surface area contributed by atoms with Gasteiger partial charge in [0.25, 0.3) is 5.91 Å². The third-order valence-electron chi connectivity index (χ3n) is 2.93. The van der Waals surface area contributed by atoms with Gasteiger partial charge < -0.3 is 14.8 Å². The highest BCUT2D eigenvalue weighted by molar-refractivity contribution is 5.95. The predicted molar refractivity (Wildman–Crippen MR) is 87.3 cm³/mol. The molecule has 22 heavy (non-hydrogen) atoms. The Kier molecular flexibility index (Phi) is 5.60. The molecule has 0 fully saturated rings. The summed E-state index contributed by atoms with van der Waals surface area (Å²) < 4.78 is 11.1. The Balaban J connectivity index is 2.00. The molecule has 0 aliphatic carbocycles. The van der Waals surface area contributed by atoms with Gasteiger partial charge in [0.1, 0.15) is 18.1 Å². The number of carbonyl (C=O) groups excluding carboxylic acids is 1. The van der Waals surface area contributed by atoms with E-state index < -0.39 is 6.10 Å². The number of hydrogen-bond acceptors (Lipinski definition) is 3. The van der Waals surface area contributed by atoms with Crippen LogP contribution in [0.4, 0.5) is 5.69 Å². The van der Waals surface area contributed by atoms with Crippen molar-refractivity contribution in [1.82, 2.24) is 0 Å². The fourth-order valence-corrected chi connectivity index (χ4v) is 1.84. The van der Waals surface area contributed by atoms with Crippen molar-refractivity contribution in [2.75, 3.05) is 11.9 Å². The molecule has 1 N–H and O–H groups in total. The topological polar surface area (TPSA) is 47.6 Å². The van der Waals surface area contributed by atoms with Gasteiger partial charge in [0.2, 0.25) is 0 Å². The van der Waals surface area contributed by atoms with Crippen molar-refractivity contribution in [3.8, 4) is 11.5 Å². The third kappa shape index (κ3) is 4.38. The van der Waals surface area contributed by atoms with Crippen molar-refractivity contribution in [3.63, 3.8) is 0 Å². The van der Waals surface area contributed by atoms with E-state index in [0.717, 1.165) is 0 Å². The molecule has 0 bridgehead atoms. The number of anilines is 1. The first-order valence-corrected chi connectivity index (χ1v) is 7.06. The number of para-hydroxylation sites is 3. The third-order valence-corrected chi connectivity index (χ3v) is 2.93. The highest BCUT2D eigenvalue weighted by Gasteiger charge is 2.16. The highest BCUT2D eigenvalue weighted by atomic mass is 16.5. The van der Waals surface area contributed by atoms with Crippen LogP contribution in [0.5, 0.6) is 11.5 Å². The number of ether oxygens (including phenoxy) is 2. The smallest absolute Gasteiger partial charge is 0.265 e. The maximum atomic E-state index is 12.2. The van der Waals surface area contributed by atoms with Gasteiger partial charge in [-0.15, -0.1) is 0 Å². The highest BCUT2D eigenvalue weighted by Crippen LogP contribution is 2.24. The molecule has 0 spiro atoms. The van der Waals surface area contributed by atoms with Gasteiger partial charge in [0.05, 0.1) is 5.69 Å². The number of nitrogens with one attached hydrogen (secondary N) is 1. The number of benzene rings is 2. The summed E-state index contributed by atoms with van der Waals surface area (Å²) in [5.41, 5.74) is 0.609. The van der Waals surface area contributed by atoms with E-state index in [9.17, 15) is 4.79 Å². The molecule has 2 rings (SSSR count). The van der Waals surface area contributed by atoms with E-state index in [1.54, 1.807) is 25.1 Å². The summed E-state index contributed by atoms with van der Waals surface area (Å²) in [4.78, 5) is 12.2. The van der Waals surface area contributed by atoms with Crippen molar-refractivity contribution in [2.24, 2.45) is 0 Å². The minimum atomic E-state index is -0.616. The first-order chi connectivity index (χ1) is 10.7. The second-order valence-corrected chi connectivity index (χ2v) is 4.66. The molecule has 0 aliphatic heterocycles. The lowest BCUT2D eigenvalue weighted by Crippen LogP contribution is -2.30. The molecule has 1 amide bonds. The fourth-order valence-electron chi connectivity index (χ4n) is 1.84. The van der Waals surface area contributed by atoms with E-state index in [1.165, 1.54) is 0 Å². The predicted octanol–water partition coefficient (Wildman–Crippen LogP) is 3.66. The van der Waals surface area contributed by atoms with Gasteiger partial charge in [-0.05, 0) is 31.2 Å². The van der Waals surface area contributed by atoms with Crippen LogP contribution in [-0.2, 0) is 4.79 Å². The number of carbonyl (C=O) groups is 1. The zero-order valence-corrected chi connectivity index (χ0v) is 12.5. The maximum absolute atomic E-state index is 12.2. The van der Waals surface area contributed by atoms with Crippen LogP contribution in [-0.4, -0.2) is 18.6 Å². The first kappa shape index (κ1) is 15.6. The average molecular weight is 297 g/mol. The average Bonchev–Trinajstić information content (AvgIpc) is 2.55. The number of amides is 1. The summed E-state index contributed by atoms with van der Waals surface area (Å²) in [5, 5.41) is 2.82. The summed E-state index contributed by atoms with van der Waals surface area (Å²) in [5.74, 6) is 1.02. The van der Waals surface area contributed by atoms with Crippen LogP contribution >= 0.6 is 0 Å². The number of rotatable bonds is 7. The number of hydrogen-bond donors (Lipinski definition) is 1. The molecule has 2 aromatic rings. The quantitative estimate of drug-likeness (QED) is 0.793. The monoisotopic (exact) mass is 297 g/mol. The molecule has 4 nitrogen and oxygen atoms in total. The Labute approximate surface area is 130 Å². The summed E-state index contributed by atoms with van der Waals surface area (Å²) in [7, 11) is 0. The van der Waals surface area contributed by atoms with Crippen LogP contribution in [0.1, 0.15) is 6.92 Å². The van der Waals surface area contributed by atoms with Crippen LogP contribution in [0.3, 0.4) is 0 Å². The summed E-state index contributed by atoms with van der Waals surface area (Å²) >= 11 is 0. The standard InChI is InChI=1S/C18H19NO3/c1-3-13-21-17-12-8-7-11-16(17)19-18(20)14(2)22-15-9-5-4-6-10-15/h3-12,14H,1,13H2,2H3,(H,19,20)/t14-/m0/s1. The van der Waals surface area contributed by atoms with Crippen LogP contribution in [0, 0.1) is 0 Å². The first-order valence-electron chi connectivity index (χ1n) is 7.06. The molecule has 0 radical (unpaired) electrons. The fraction of sp³-hybridized carbons (Fsp3) is 0.167.